The first-order chi connectivity index (χ1) is 12.9. The van der Waals surface area contributed by atoms with Crippen LogP contribution in [0.15, 0.2) is 12.1 Å². The third kappa shape index (κ3) is 6.09. The van der Waals surface area contributed by atoms with Crippen LogP contribution in [0.25, 0.3) is 0 Å². The van der Waals surface area contributed by atoms with E-state index in [1.54, 1.807) is 20.8 Å². The number of carboxylic acids is 1. The van der Waals surface area contributed by atoms with Crippen molar-refractivity contribution in [1.82, 2.24) is 0 Å². The minimum Gasteiger partial charge on any atom is -0.478 e. The molecule has 148 valence electrons. The molecule has 8 nitrogen and oxygen atoms in total. The lowest BCUT2D eigenvalue weighted by atomic mass is 9.97. The Labute approximate surface area is 157 Å². The summed E-state index contributed by atoms with van der Waals surface area (Å²) in [6, 6.07) is 2.00. The van der Waals surface area contributed by atoms with Gasteiger partial charge in [-0.3, -0.25) is 0 Å². The van der Waals surface area contributed by atoms with Gasteiger partial charge < -0.3 is 19.3 Å². The van der Waals surface area contributed by atoms with Crippen molar-refractivity contribution in [3.05, 3.63) is 34.4 Å². The summed E-state index contributed by atoms with van der Waals surface area (Å²) in [5.41, 5.74) is -1.37. The Kier molecular flexibility index (Phi) is 8.98. The van der Waals surface area contributed by atoms with Gasteiger partial charge in [0.15, 0.2) is 0 Å². The number of carbonyl (C=O) groups is 4. The van der Waals surface area contributed by atoms with Crippen LogP contribution in [0.3, 0.4) is 0 Å². The smallest absolute Gasteiger partial charge is 0.339 e. The Morgan fingerprint density at radius 2 is 1.11 bits per heavy atom. The predicted octanol–water partition coefficient (Wildman–Crippen LogP) is 3.09. The zero-order chi connectivity index (χ0) is 20.4. The SMILES string of the molecule is CCCOC(=O)c1cc(C(=O)O)cc(C(=O)OCCC)c1C(=O)OCCC. The van der Waals surface area contributed by atoms with E-state index in [4.69, 9.17) is 14.2 Å². The van der Waals surface area contributed by atoms with E-state index in [9.17, 15) is 24.3 Å². The molecule has 8 heteroatoms. The van der Waals surface area contributed by atoms with Crippen LogP contribution in [0, 0.1) is 0 Å². The normalized spacial score (nSPS) is 10.2. The minimum absolute atomic E-state index is 0.0758. The molecule has 1 aromatic carbocycles. The van der Waals surface area contributed by atoms with Gasteiger partial charge in [-0.15, -0.1) is 0 Å². The van der Waals surface area contributed by atoms with E-state index in [1.165, 1.54) is 0 Å². The van der Waals surface area contributed by atoms with Crippen LogP contribution in [0.2, 0.25) is 0 Å². The molecule has 1 aromatic rings. The van der Waals surface area contributed by atoms with Crippen LogP contribution in [-0.2, 0) is 14.2 Å². The van der Waals surface area contributed by atoms with Crippen molar-refractivity contribution in [2.75, 3.05) is 19.8 Å². The summed E-state index contributed by atoms with van der Waals surface area (Å²) in [5.74, 6) is -4.10. The number of esters is 3. The number of hydrogen-bond acceptors (Lipinski definition) is 7. The van der Waals surface area contributed by atoms with Gasteiger partial charge in [-0.2, -0.15) is 0 Å². The van der Waals surface area contributed by atoms with E-state index in [2.05, 4.69) is 0 Å². The van der Waals surface area contributed by atoms with Gasteiger partial charge in [0, 0.05) is 0 Å². The van der Waals surface area contributed by atoms with Crippen LogP contribution >= 0.6 is 0 Å². The van der Waals surface area contributed by atoms with Gasteiger partial charge in [0.25, 0.3) is 0 Å². The second-order valence-corrected chi connectivity index (χ2v) is 5.66. The average molecular weight is 380 g/mol. The molecular weight excluding hydrogens is 356 g/mol. The molecule has 0 radical (unpaired) electrons. The van der Waals surface area contributed by atoms with Crippen molar-refractivity contribution in [2.24, 2.45) is 0 Å². The van der Waals surface area contributed by atoms with Gasteiger partial charge in [0.2, 0.25) is 0 Å². The van der Waals surface area contributed by atoms with Crippen molar-refractivity contribution in [1.29, 1.82) is 0 Å². The first kappa shape index (κ1) is 22.1. The zero-order valence-corrected chi connectivity index (χ0v) is 15.7. The van der Waals surface area contributed by atoms with E-state index in [-0.39, 0.29) is 42.1 Å². The maximum absolute atomic E-state index is 12.5. The topological polar surface area (TPSA) is 116 Å². The van der Waals surface area contributed by atoms with E-state index < -0.39 is 23.9 Å². The third-order valence-corrected chi connectivity index (χ3v) is 3.34. The Morgan fingerprint density at radius 3 is 1.44 bits per heavy atom. The number of aromatic carboxylic acids is 1. The van der Waals surface area contributed by atoms with Crippen molar-refractivity contribution < 1.29 is 38.5 Å². The fourth-order valence-corrected chi connectivity index (χ4v) is 2.12. The van der Waals surface area contributed by atoms with Gasteiger partial charge in [0.05, 0.1) is 42.1 Å². The predicted molar refractivity (Wildman–Crippen MR) is 95.1 cm³/mol. The molecule has 0 heterocycles. The van der Waals surface area contributed by atoms with Crippen LogP contribution in [0.1, 0.15) is 81.5 Å². The molecule has 0 aromatic heterocycles. The molecule has 0 amide bonds. The van der Waals surface area contributed by atoms with Gasteiger partial charge in [-0.05, 0) is 31.4 Å². The van der Waals surface area contributed by atoms with Gasteiger partial charge in [-0.1, -0.05) is 20.8 Å². The summed E-state index contributed by atoms with van der Waals surface area (Å²) in [5, 5.41) is 9.30. The summed E-state index contributed by atoms with van der Waals surface area (Å²) in [6.45, 7) is 5.58. The second-order valence-electron chi connectivity index (χ2n) is 5.66. The summed E-state index contributed by atoms with van der Waals surface area (Å²) in [6.07, 6.45) is 1.60. The van der Waals surface area contributed by atoms with Crippen LogP contribution in [0.4, 0.5) is 0 Å². The van der Waals surface area contributed by atoms with Gasteiger partial charge in [0.1, 0.15) is 0 Å². The first-order valence-corrected chi connectivity index (χ1v) is 8.79. The van der Waals surface area contributed by atoms with E-state index in [0.29, 0.717) is 19.3 Å². The number of carboxylic acid groups (broad SMARTS) is 1. The van der Waals surface area contributed by atoms with E-state index in [0.717, 1.165) is 12.1 Å². The third-order valence-electron chi connectivity index (χ3n) is 3.34. The number of carbonyl (C=O) groups excluding carboxylic acids is 3. The molecule has 0 unspecified atom stereocenters. The molecule has 1 N–H and O–H groups in total. The largest absolute Gasteiger partial charge is 0.478 e. The molecule has 0 fully saturated rings. The lowest BCUT2D eigenvalue weighted by Gasteiger charge is -2.14. The molecule has 0 spiro atoms. The van der Waals surface area contributed by atoms with Gasteiger partial charge >= 0.3 is 23.9 Å². The maximum atomic E-state index is 12.5. The Balaban J connectivity index is 3.56. The first-order valence-electron chi connectivity index (χ1n) is 8.79. The summed E-state index contributed by atoms with van der Waals surface area (Å²) >= 11 is 0. The maximum Gasteiger partial charge on any atom is 0.339 e. The monoisotopic (exact) mass is 380 g/mol. The molecule has 0 saturated heterocycles. The molecule has 0 saturated carbocycles. The molecule has 0 atom stereocenters. The lowest BCUT2D eigenvalue weighted by molar-refractivity contribution is 0.0437. The highest BCUT2D eigenvalue weighted by molar-refractivity contribution is 6.12. The molecule has 0 aliphatic heterocycles. The quantitative estimate of drug-likeness (QED) is 0.486. The van der Waals surface area contributed by atoms with Crippen LogP contribution < -0.4 is 0 Å². The molecular formula is C19H24O8. The van der Waals surface area contributed by atoms with E-state index in [1.807, 2.05) is 0 Å². The highest BCUT2D eigenvalue weighted by Gasteiger charge is 2.29. The fourth-order valence-electron chi connectivity index (χ4n) is 2.12. The highest BCUT2D eigenvalue weighted by atomic mass is 16.5. The van der Waals surface area contributed by atoms with Crippen LogP contribution in [-0.4, -0.2) is 48.8 Å². The number of ether oxygens (including phenoxy) is 3. The standard InChI is InChI=1S/C19H24O8/c1-4-7-25-17(22)13-10-12(16(20)21)11-14(18(23)26-8-5-2)15(13)19(24)27-9-6-3/h10-11H,4-9H2,1-3H3,(H,20,21). The molecule has 0 aliphatic rings. The van der Waals surface area contributed by atoms with Crippen molar-refractivity contribution in [3.63, 3.8) is 0 Å². The molecule has 1 rings (SSSR count). The number of benzene rings is 1. The number of rotatable bonds is 10. The van der Waals surface area contributed by atoms with Crippen molar-refractivity contribution >= 4 is 23.9 Å². The lowest BCUT2D eigenvalue weighted by Crippen LogP contribution is -2.22. The molecule has 27 heavy (non-hydrogen) atoms. The summed E-state index contributed by atoms with van der Waals surface area (Å²) in [7, 11) is 0. The second kappa shape index (κ2) is 10.9. The van der Waals surface area contributed by atoms with Gasteiger partial charge in [-0.25, -0.2) is 19.2 Å². The summed E-state index contributed by atoms with van der Waals surface area (Å²) < 4.78 is 15.1. The van der Waals surface area contributed by atoms with E-state index >= 15 is 0 Å². The van der Waals surface area contributed by atoms with Crippen molar-refractivity contribution in [2.45, 2.75) is 40.0 Å². The zero-order valence-electron chi connectivity index (χ0n) is 15.7. The Morgan fingerprint density at radius 1 is 0.741 bits per heavy atom. The highest BCUT2D eigenvalue weighted by Crippen LogP contribution is 2.22. The van der Waals surface area contributed by atoms with Crippen molar-refractivity contribution in [3.8, 4) is 0 Å². The van der Waals surface area contributed by atoms with Crippen LogP contribution in [0.5, 0.6) is 0 Å². The summed E-state index contributed by atoms with van der Waals surface area (Å²) in [4.78, 5) is 48.7. The number of hydrogen-bond donors (Lipinski definition) is 1. The molecule has 0 aliphatic carbocycles. The minimum atomic E-state index is -1.36. The fraction of sp³-hybridized carbons (Fsp3) is 0.474. The molecule has 0 bridgehead atoms. The Bertz CT molecular complexity index is 667. The Hall–Kier alpha value is -2.90. The average Bonchev–Trinajstić information content (AvgIpc) is 2.66.